The zero-order valence-electron chi connectivity index (χ0n) is 20.5. The second kappa shape index (κ2) is 18.8. The third kappa shape index (κ3) is 9.93. The van der Waals surface area contributed by atoms with Crippen LogP contribution in [-0.2, 0) is 19.2 Å². The molecule has 0 unspecified atom stereocenters. The van der Waals surface area contributed by atoms with Crippen LogP contribution < -0.4 is 0 Å². The fourth-order valence-corrected chi connectivity index (χ4v) is 3.68. The van der Waals surface area contributed by atoms with Gasteiger partial charge in [-0.25, -0.2) is 0 Å². The van der Waals surface area contributed by atoms with E-state index in [2.05, 4.69) is 124 Å². The molecular weight excluding hydrogens is 531 g/mol. The standard InChI is InChI=1S/C15H11.C10H9.C6H5.CH3.2ClH.Si.Ti/c1-2-6-12(7-3-1)14-10-4-8-13-9-5-11-15(13)14;1-8-6-9-4-2-3-5-10(9)7-8;1-2-4-6-5-3-1;;;;;/h1-11H;2-7H,1H3;1-5H;1H3;2*1H;;/q4*-1;;;;. The van der Waals surface area contributed by atoms with E-state index >= 15 is 0 Å². The van der Waals surface area contributed by atoms with Crippen LogP contribution in [0.2, 0.25) is 0 Å². The van der Waals surface area contributed by atoms with Gasteiger partial charge in [0, 0.05) is 0 Å². The van der Waals surface area contributed by atoms with Crippen LogP contribution in [0.1, 0.15) is 5.56 Å². The summed E-state index contributed by atoms with van der Waals surface area (Å²) in [4.78, 5) is 0. The van der Waals surface area contributed by atoms with Crippen molar-refractivity contribution in [3.05, 3.63) is 153 Å². The SMILES string of the molecule is Cc1cc2ccccc2[cH-]1.Cl.Cl.[CH3-].[Si]=[Ti].[c-]1ccccc1.c1ccc(-c2cccc3[cH-]ccc23)cc1. The van der Waals surface area contributed by atoms with E-state index in [9.17, 15) is 0 Å². The molecule has 0 bridgehead atoms. The molecule has 0 aliphatic heterocycles. The smallest absolute Gasteiger partial charge is 0.0279 e. The van der Waals surface area contributed by atoms with Crippen LogP contribution in [0.3, 0.4) is 0 Å². The third-order valence-corrected chi connectivity index (χ3v) is 5.13. The summed E-state index contributed by atoms with van der Waals surface area (Å²) in [5.41, 5.74) is 3.95. The summed E-state index contributed by atoms with van der Waals surface area (Å²) in [6, 6.07) is 48.7. The Kier molecular flexibility index (Phi) is 17.6. The van der Waals surface area contributed by atoms with Gasteiger partial charge in [-0.2, -0.15) is 54.6 Å². The second-order valence-electron chi connectivity index (χ2n) is 7.44. The first-order valence-corrected chi connectivity index (χ1v) is 13.6. The molecule has 36 heavy (non-hydrogen) atoms. The van der Waals surface area contributed by atoms with Crippen LogP contribution in [0.25, 0.3) is 32.7 Å². The van der Waals surface area contributed by atoms with Crippen molar-refractivity contribution in [3.8, 4) is 11.1 Å². The van der Waals surface area contributed by atoms with Crippen LogP contribution >= 0.6 is 24.8 Å². The molecule has 0 saturated carbocycles. The molecule has 0 amide bonds. The molecule has 0 fully saturated rings. The molecule has 0 aliphatic rings. The fraction of sp³-hybridized carbons (Fsp3) is 0.0312. The molecule has 0 atom stereocenters. The summed E-state index contributed by atoms with van der Waals surface area (Å²) in [7, 11) is 2.97. The summed E-state index contributed by atoms with van der Waals surface area (Å²) >= 11 is 1.81. The Balaban J connectivity index is 0.000000512. The molecule has 0 saturated heterocycles. The topological polar surface area (TPSA) is 0 Å². The molecule has 6 aromatic carbocycles. The van der Waals surface area contributed by atoms with Crippen molar-refractivity contribution in [3.63, 3.8) is 0 Å². The maximum Gasteiger partial charge on any atom is -0.0279 e. The Morgan fingerprint density at radius 3 is 1.92 bits per heavy atom. The Labute approximate surface area is 242 Å². The van der Waals surface area contributed by atoms with E-state index in [0.29, 0.717) is 0 Å². The predicted molar refractivity (Wildman–Crippen MR) is 161 cm³/mol. The monoisotopic (exact) mass is 560 g/mol. The summed E-state index contributed by atoms with van der Waals surface area (Å²) in [6.45, 7) is 2.12. The maximum atomic E-state index is 2.97. The van der Waals surface area contributed by atoms with Crippen molar-refractivity contribution in [1.29, 1.82) is 0 Å². The van der Waals surface area contributed by atoms with Crippen LogP contribution in [0.5, 0.6) is 0 Å². The van der Waals surface area contributed by atoms with E-state index in [0.717, 1.165) is 0 Å². The number of benzene rings is 4. The van der Waals surface area contributed by atoms with E-state index in [1.165, 1.54) is 38.2 Å². The number of fused-ring (bicyclic) bond motifs is 2. The molecule has 6 aromatic rings. The van der Waals surface area contributed by atoms with Crippen molar-refractivity contribution >= 4 is 54.0 Å². The zero-order chi connectivity index (χ0) is 23.3. The summed E-state index contributed by atoms with van der Waals surface area (Å²) in [6.07, 6.45) is 0. The van der Waals surface area contributed by atoms with E-state index in [-0.39, 0.29) is 32.2 Å². The van der Waals surface area contributed by atoms with E-state index in [1.807, 2.05) is 30.3 Å². The van der Waals surface area contributed by atoms with Crippen LogP contribution in [0, 0.1) is 20.4 Å². The largest absolute Gasteiger partial charge is 0.184 e. The van der Waals surface area contributed by atoms with Crippen molar-refractivity contribution < 1.29 is 19.2 Å². The quantitative estimate of drug-likeness (QED) is 0.139. The number of rotatable bonds is 1. The Bertz CT molecular complexity index is 1300. The van der Waals surface area contributed by atoms with Gasteiger partial charge in [-0.1, -0.05) is 55.0 Å². The summed E-state index contributed by atoms with van der Waals surface area (Å²) in [5.74, 6) is 0. The molecule has 0 aromatic heterocycles. The summed E-state index contributed by atoms with van der Waals surface area (Å²) in [5, 5.41) is 5.35. The van der Waals surface area contributed by atoms with E-state index in [1.54, 1.807) is 19.2 Å². The minimum Gasteiger partial charge on any atom is -0.184 e. The molecule has 0 aliphatic carbocycles. The van der Waals surface area contributed by atoms with Gasteiger partial charge < -0.3 is 7.43 Å². The van der Waals surface area contributed by atoms with Gasteiger partial charge in [-0.05, 0) is 5.56 Å². The molecule has 0 N–H and O–H groups in total. The maximum absolute atomic E-state index is 2.97. The first-order chi connectivity index (χ1) is 16.3. The minimum atomic E-state index is 0. The fourth-order valence-electron chi connectivity index (χ4n) is 3.68. The van der Waals surface area contributed by atoms with Crippen molar-refractivity contribution in [2.24, 2.45) is 0 Å². The molecule has 4 heteroatoms. The van der Waals surface area contributed by atoms with Crippen LogP contribution in [0.15, 0.2) is 133 Å². The van der Waals surface area contributed by atoms with Gasteiger partial charge in [-0.15, -0.1) is 94.4 Å². The van der Waals surface area contributed by atoms with Crippen LogP contribution in [-0.4, -0.2) is 7.63 Å². The molecule has 184 valence electrons. The predicted octanol–water partition coefficient (Wildman–Crippen LogP) is 9.49. The van der Waals surface area contributed by atoms with Crippen molar-refractivity contribution in [1.82, 2.24) is 0 Å². The van der Waals surface area contributed by atoms with Gasteiger partial charge in [0.1, 0.15) is 0 Å². The molecular formula is C32H30Cl2SiTi-4. The average molecular weight is 561 g/mol. The van der Waals surface area contributed by atoms with Gasteiger partial charge in [-0.3, -0.25) is 0 Å². The second-order valence-corrected chi connectivity index (χ2v) is 7.44. The van der Waals surface area contributed by atoms with Gasteiger partial charge in [0.25, 0.3) is 0 Å². The Morgan fingerprint density at radius 2 is 1.31 bits per heavy atom. The van der Waals surface area contributed by atoms with Gasteiger partial charge in [0.2, 0.25) is 0 Å². The molecule has 0 nitrogen and oxygen atoms in total. The average Bonchev–Trinajstić information content (AvgIpc) is 3.53. The third-order valence-electron chi connectivity index (χ3n) is 5.13. The summed E-state index contributed by atoms with van der Waals surface area (Å²) < 4.78 is 0. The number of hydrogen-bond donors (Lipinski definition) is 0. The zero-order valence-corrected chi connectivity index (χ0v) is 24.7. The van der Waals surface area contributed by atoms with Crippen molar-refractivity contribution in [2.45, 2.75) is 6.92 Å². The van der Waals surface area contributed by atoms with Gasteiger partial charge in [0.15, 0.2) is 0 Å². The molecule has 0 spiro atoms. The first-order valence-electron chi connectivity index (χ1n) is 10.8. The molecule has 0 heterocycles. The normalized spacial score (nSPS) is 8.78. The van der Waals surface area contributed by atoms with Gasteiger partial charge in [0.05, 0.1) is 0 Å². The molecule has 6 rings (SSSR count). The van der Waals surface area contributed by atoms with Crippen molar-refractivity contribution in [2.75, 3.05) is 0 Å². The Hall–Kier alpha value is -2.39. The minimum absolute atomic E-state index is 0. The number of hydrogen-bond acceptors (Lipinski definition) is 0. The Morgan fingerprint density at radius 1 is 0.694 bits per heavy atom. The number of halogens is 2. The number of aryl methyl sites for hydroxylation is 1. The van der Waals surface area contributed by atoms with Gasteiger partial charge >= 0.3 is 26.8 Å². The molecule has 2 radical (unpaired) electrons. The van der Waals surface area contributed by atoms with E-state index in [4.69, 9.17) is 0 Å². The first kappa shape index (κ1) is 33.6. The van der Waals surface area contributed by atoms with E-state index < -0.39 is 0 Å². The van der Waals surface area contributed by atoms with Crippen LogP contribution in [0.4, 0.5) is 0 Å².